The van der Waals surface area contributed by atoms with E-state index in [9.17, 15) is 14.3 Å². The number of methoxy groups -OCH3 is 1. The van der Waals surface area contributed by atoms with Gasteiger partial charge in [-0.2, -0.15) is 0 Å². The number of halogens is 1. The number of carboxylic acids is 1. The van der Waals surface area contributed by atoms with E-state index in [1.54, 1.807) is 13.2 Å². The van der Waals surface area contributed by atoms with Gasteiger partial charge < -0.3 is 9.84 Å². The molecule has 1 fully saturated rings. The second-order valence-corrected chi connectivity index (χ2v) is 7.38. The summed E-state index contributed by atoms with van der Waals surface area (Å²) in [6, 6.07) is 10.6. The van der Waals surface area contributed by atoms with Gasteiger partial charge in [0.25, 0.3) is 0 Å². The van der Waals surface area contributed by atoms with Crippen molar-refractivity contribution < 1.29 is 19.0 Å². The third-order valence-corrected chi connectivity index (χ3v) is 5.21. The molecule has 3 rings (SSSR count). The Morgan fingerprint density at radius 1 is 1.22 bits per heavy atom. The molecule has 1 heterocycles. The van der Waals surface area contributed by atoms with Crippen molar-refractivity contribution in [3.63, 3.8) is 0 Å². The molecule has 0 bridgehead atoms. The number of aliphatic carboxylic acids is 1. The first kappa shape index (κ1) is 19.4. The predicted molar refractivity (Wildman–Crippen MR) is 103 cm³/mol. The average Bonchev–Trinajstić information content (AvgIpc) is 2.61. The molecule has 144 valence electrons. The van der Waals surface area contributed by atoms with Crippen LogP contribution in [-0.4, -0.2) is 36.2 Å². The quantitative estimate of drug-likeness (QED) is 0.850. The zero-order chi connectivity index (χ0) is 19.6. The SMILES string of the molecule is COc1ccc(F)cc1C(c1cc(C)cc(C)c1)N1CCCC(C(=O)O)C1. The molecule has 0 aromatic heterocycles. The number of nitrogens with zero attached hydrogens (tertiary/aromatic N) is 1. The number of benzene rings is 2. The van der Waals surface area contributed by atoms with E-state index in [0.29, 0.717) is 18.7 Å². The standard InChI is InChI=1S/C22H26FNO3/c1-14-9-15(2)11-17(10-14)21(19-12-18(23)6-7-20(19)27-3)24-8-4-5-16(13-24)22(25)26/h6-7,9-12,16,21H,4-5,8,13H2,1-3H3,(H,25,26). The van der Waals surface area contributed by atoms with Crippen LogP contribution >= 0.6 is 0 Å². The van der Waals surface area contributed by atoms with Crippen LogP contribution in [0.3, 0.4) is 0 Å². The first-order chi connectivity index (χ1) is 12.9. The lowest BCUT2D eigenvalue weighted by Crippen LogP contribution is -2.41. The van der Waals surface area contributed by atoms with Crippen LogP contribution in [0, 0.1) is 25.6 Å². The Morgan fingerprint density at radius 3 is 2.56 bits per heavy atom. The van der Waals surface area contributed by atoms with Crippen molar-refractivity contribution in [1.82, 2.24) is 4.90 Å². The maximum absolute atomic E-state index is 14.1. The van der Waals surface area contributed by atoms with Crippen molar-refractivity contribution in [1.29, 1.82) is 0 Å². The highest BCUT2D eigenvalue weighted by Gasteiger charge is 2.33. The monoisotopic (exact) mass is 371 g/mol. The van der Waals surface area contributed by atoms with E-state index >= 15 is 0 Å². The molecule has 27 heavy (non-hydrogen) atoms. The summed E-state index contributed by atoms with van der Waals surface area (Å²) in [4.78, 5) is 13.7. The molecule has 1 aliphatic rings. The Bertz CT molecular complexity index is 816. The number of rotatable bonds is 5. The van der Waals surface area contributed by atoms with Gasteiger partial charge >= 0.3 is 5.97 Å². The summed E-state index contributed by atoms with van der Waals surface area (Å²) >= 11 is 0. The molecule has 1 aliphatic heterocycles. The zero-order valence-corrected chi connectivity index (χ0v) is 16.0. The highest BCUT2D eigenvalue weighted by Crippen LogP contribution is 2.38. The summed E-state index contributed by atoms with van der Waals surface area (Å²) < 4.78 is 19.6. The molecule has 1 N–H and O–H groups in total. The summed E-state index contributed by atoms with van der Waals surface area (Å²) in [6.45, 7) is 5.27. The van der Waals surface area contributed by atoms with Crippen LogP contribution < -0.4 is 4.74 Å². The Hall–Kier alpha value is -2.40. The Morgan fingerprint density at radius 2 is 1.93 bits per heavy atom. The molecule has 0 saturated carbocycles. The number of hydrogen-bond donors (Lipinski definition) is 1. The van der Waals surface area contributed by atoms with Crippen molar-refractivity contribution in [2.75, 3.05) is 20.2 Å². The van der Waals surface area contributed by atoms with Crippen molar-refractivity contribution in [3.8, 4) is 5.75 Å². The number of hydrogen-bond acceptors (Lipinski definition) is 3. The fourth-order valence-electron chi connectivity index (χ4n) is 4.12. The van der Waals surface area contributed by atoms with E-state index < -0.39 is 11.9 Å². The van der Waals surface area contributed by atoms with Crippen LogP contribution in [0.1, 0.15) is 41.1 Å². The van der Waals surface area contributed by atoms with Gasteiger partial charge in [0, 0.05) is 12.1 Å². The van der Waals surface area contributed by atoms with E-state index in [4.69, 9.17) is 4.74 Å². The molecule has 2 atom stereocenters. The van der Waals surface area contributed by atoms with E-state index in [-0.39, 0.29) is 11.9 Å². The van der Waals surface area contributed by atoms with Crippen molar-refractivity contribution >= 4 is 5.97 Å². The van der Waals surface area contributed by atoms with Gasteiger partial charge in [0.1, 0.15) is 11.6 Å². The van der Waals surface area contributed by atoms with Crippen LogP contribution in [0.15, 0.2) is 36.4 Å². The number of likely N-dealkylation sites (tertiary alicyclic amines) is 1. The molecular weight excluding hydrogens is 345 g/mol. The molecule has 0 spiro atoms. The summed E-state index contributed by atoms with van der Waals surface area (Å²) in [5.41, 5.74) is 4.00. The number of piperidine rings is 1. The van der Waals surface area contributed by atoms with E-state index in [0.717, 1.165) is 35.2 Å². The van der Waals surface area contributed by atoms with Crippen LogP contribution in [0.4, 0.5) is 4.39 Å². The molecule has 2 aromatic carbocycles. The van der Waals surface area contributed by atoms with Gasteiger partial charge in [0.15, 0.2) is 0 Å². The summed E-state index contributed by atoms with van der Waals surface area (Å²) in [5, 5.41) is 9.50. The van der Waals surface area contributed by atoms with Gasteiger partial charge in [-0.3, -0.25) is 9.69 Å². The van der Waals surface area contributed by atoms with Crippen molar-refractivity contribution in [2.45, 2.75) is 32.7 Å². The minimum atomic E-state index is -0.773. The van der Waals surface area contributed by atoms with Crippen LogP contribution in [0.5, 0.6) is 5.75 Å². The minimum absolute atomic E-state index is 0.253. The van der Waals surface area contributed by atoms with E-state index in [2.05, 4.69) is 23.1 Å². The minimum Gasteiger partial charge on any atom is -0.496 e. The smallest absolute Gasteiger partial charge is 0.307 e. The third-order valence-electron chi connectivity index (χ3n) is 5.21. The Labute approximate surface area is 159 Å². The normalized spacial score (nSPS) is 18.9. The Balaban J connectivity index is 2.12. The first-order valence-electron chi connectivity index (χ1n) is 9.27. The summed E-state index contributed by atoms with van der Waals surface area (Å²) in [5.74, 6) is -0.901. The van der Waals surface area contributed by atoms with Gasteiger partial charge in [-0.05, 0) is 57.0 Å². The average molecular weight is 371 g/mol. The molecule has 0 radical (unpaired) electrons. The van der Waals surface area contributed by atoms with E-state index in [1.807, 2.05) is 13.8 Å². The lowest BCUT2D eigenvalue weighted by molar-refractivity contribution is -0.143. The second-order valence-electron chi connectivity index (χ2n) is 7.38. The van der Waals surface area contributed by atoms with Crippen molar-refractivity contribution in [2.24, 2.45) is 5.92 Å². The third kappa shape index (κ3) is 4.30. The van der Waals surface area contributed by atoms with Gasteiger partial charge in [0.05, 0.1) is 19.1 Å². The Kier molecular flexibility index (Phi) is 5.80. The molecular formula is C22H26FNO3. The lowest BCUT2D eigenvalue weighted by atomic mass is 9.89. The zero-order valence-electron chi connectivity index (χ0n) is 16.0. The first-order valence-corrected chi connectivity index (χ1v) is 9.27. The number of aryl methyl sites for hydroxylation is 2. The topological polar surface area (TPSA) is 49.8 Å². The molecule has 2 unspecified atom stereocenters. The molecule has 0 amide bonds. The molecule has 4 nitrogen and oxygen atoms in total. The molecule has 5 heteroatoms. The van der Waals surface area contributed by atoms with Gasteiger partial charge in [-0.1, -0.05) is 29.3 Å². The fraction of sp³-hybridized carbons (Fsp3) is 0.409. The van der Waals surface area contributed by atoms with Gasteiger partial charge in [0.2, 0.25) is 0 Å². The van der Waals surface area contributed by atoms with Crippen LogP contribution in [-0.2, 0) is 4.79 Å². The fourth-order valence-corrected chi connectivity index (χ4v) is 4.12. The predicted octanol–water partition coefficient (Wildman–Crippen LogP) is 4.34. The number of carbonyl (C=O) groups is 1. The van der Waals surface area contributed by atoms with E-state index in [1.165, 1.54) is 12.1 Å². The van der Waals surface area contributed by atoms with Crippen LogP contribution in [0.25, 0.3) is 0 Å². The number of carboxylic acid groups (broad SMARTS) is 1. The largest absolute Gasteiger partial charge is 0.496 e. The summed E-state index contributed by atoms with van der Waals surface area (Å²) in [6.07, 6.45) is 1.47. The van der Waals surface area contributed by atoms with Gasteiger partial charge in [-0.15, -0.1) is 0 Å². The van der Waals surface area contributed by atoms with Crippen LogP contribution in [0.2, 0.25) is 0 Å². The maximum atomic E-state index is 14.1. The highest BCUT2D eigenvalue weighted by molar-refractivity contribution is 5.70. The lowest BCUT2D eigenvalue weighted by Gasteiger charge is -2.38. The van der Waals surface area contributed by atoms with Gasteiger partial charge in [-0.25, -0.2) is 4.39 Å². The van der Waals surface area contributed by atoms with Crippen molar-refractivity contribution in [3.05, 3.63) is 64.5 Å². The second kappa shape index (κ2) is 8.09. The molecule has 2 aromatic rings. The summed E-state index contributed by atoms with van der Waals surface area (Å²) in [7, 11) is 1.57. The molecule has 0 aliphatic carbocycles. The number of ether oxygens (including phenoxy) is 1. The molecule has 1 saturated heterocycles. The highest BCUT2D eigenvalue weighted by atomic mass is 19.1. The maximum Gasteiger partial charge on any atom is 0.307 e.